The number of amides is 1. The first kappa shape index (κ1) is 18.5. The quantitative estimate of drug-likeness (QED) is 0.843. The minimum Gasteiger partial charge on any atom is -0.336 e. The second-order valence-electron chi connectivity index (χ2n) is 6.12. The van der Waals surface area contributed by atoms with Gasteiger partial charge in [-0.2, -0.15) is 0 Å². The van der Waals surface area contributed by atoms with Gasteiger partial charge >= 0.3 is 0 Å². The lowest BCUT2D eigenvalue weighted by atomic mass is 10.2. The van der Waals surface area contributed by atoms with Crippen LogP contribution in [0.4, 0.5) is 0 Å². The number of sulfonamides is 1. The third-order valence-corrected chi connectivity index (χ3v) is 5.88. The van der Waals surface area contributed by atoms with Crippen LogP contribution in [0.15, 0.2) is 53.6 Å². The molecule has 0 radical (unpaired) electrons. The lowest BCUT2D eigenvalue weighted by molar-refractivity contribution is 0.0627. The van der Waals surface area contributed by atoms with Gasteiger partial charge in [0.25, 0.3) is 5.91 Å². The normalized spacial score (nSPS) is 15.8. The van der Waals surface area contributed by atoms with Crippen molar-refractivity contribution >= 4 is 15.9 Å². The predicted molar refractivity (Wildman–Crippen MR) is 98.1 cm³/mol. The molecule has 1 fully saturated rings. The van der Waals surface area contributed by atoms with E-state index >= 15 is 0 Å². The molecule has 1 N–H and O–H groups in total. The lowest BCUT2D eigenvalue weighted by Gasteiger charge is -2.34. The first-order valence-corrected chi connectivity index (χ1v) is 9.93. The largest absolute Gasteiger partial charge is 0.336 e. The molecular weight excluding hydrogens is 352 g/mol. The average Bonchev–Trinajstić information content (AvgIpc) is 2.69. The summed E-state index contributed by atoms with van der Waals surface area (Å²) in [6.07, 6.45) is 1.78. The highest BCUT2D eigenvalue weighted by molar-refractivity contribution is 7.89. The first-order valence-electron chi connectivity index (χ1n) is 8.45. The van der Waals surface area contributed by atoms with E-state index in [0.717, 1.165) is 25.3 Å². The van der Waals surface area contributed by atoms with E-state index in [2.05, 4.69) is 14.6 Å². The van der Waals surface area contributed by atoms with Crippen molar-refractivity contribution in [1.82, 2.24) is 19.5 Å². The Kier molecular flexibility index (Phi) is 5.65. The summed E-state index contributed by atoms with van der Waals surface area (Å²) in [5, 5.41) is 0. The predicted octanol–water partition coefficient (Wildman–Crippen LogP) is 0.948. The highest BCUT2D eigenvalue weighted by Gasteiger charge is 2.22. The van der Waals surface area contributed by atoms with Crippen molar-refractivity contribution in [2.75, 3.05) is 33.2 Å². The fraction of sp³-hybridized carbons (Fsp3) is 0.333. The maximum Gasteiger partial charge on any atom is 0.253 e. The highest BCUT2D eigenvalue weighted by atomic mass is 32.2. The van der Waals surface area contributed by atoms with Crippen LogP contribution in [0.1, 0.15) is 16.1 Å². The van der Waals surface area contributed by atoms with Crippen LogP contribution in [-0.4, -0.2) is 62.3 Å². The molecule has 7 nitrogen and oxygen atoms in total. The molecule has 0 unspecified atom stereocenters. The summed E-state index contributed by atoms with van der Waals surface area (Å²) in [5.74, 6) is -0.0732. The van der Waals surface area contributed by atoms with Crippen LogP contribution in [-0.2, 0) is 16.6 Å². The summed E-state index contributed by atoms with van der Waals surface area (Å²) in [7, 11) is -2.13. The van der Waals surface area contributed by atoms with Crippen LogP contribution in [0.3, 0.4) is 0 Å². The van der Waals surface area contributed by atoms with E-state index in [4.69, 9.17) is 0 Å². The maximum atomic E-state index is 12.6. The molecule has 2 heterocycles. The Morgan fingerprint density at radius 3 is 2.35 bits per heavy atom. The summed E-state index contributed by atoms with van der Waals surface area (Å²) in [4.78, 5) is 21.2. The van der Waals surface area contributed by atoms with E-state index in [-0.39, 0.29) is 10.8 Å². The SMILES string of the molecule is CNS(=O)(=O)c1ccc(C(=O)N2CCN(Cc3ccccn3)CC2)cc1. The van der Waals surface area contributed by atoms with Gasteiger partial charge in [-0.1, -0.05) is 6.07 Å². The van der Waals surface area contributed by atoms with Gasteiger partial charge in [-0.25, -0.2) is 13.1 Å². The van der Waals surface area contributed by atoms with Crippen LogP contribution in [0.2, 0.25) is 0 Å². The maximum absolute atomic E-state index is 12.6. The van der Waals surface area contributed by atoms with Crippen LogP contribution in [0.25, 0.3) is 0 Å². The molecule has 0 saturated carbocycles. The van der Waals surface area contributed by atoms with Gasteiger partial charge in [-0.3, -0.25) is 14.7 Å². The molecule has 1 saturated heterocycles. The van der Waals surface area contributed by atoms with Gasteiger partial charge < -0.3 is 4.90 Å². The molecule has 0 atom stereocenters. The molecule has 1 aromatic heterocycles. The molecule has 138 valence electrons. The van der Waals surface area contributed by atoms with E-state index in [1.807, 2.05) is 18.2 Å². The van der Waals surface area contributed by atoms with Crippen molar-refractivity contribution in [3.05, 3.63) is 59.9 Å². The molecule has 0 spiro atoms. The molecule has 0 aliphatic carbocycles. The third kappa shape index (κ3) is 4.27. The minimum absolute atomic E-state index is 0.0732. The molecule has 3 rings (SSSR count). The van der Waals surface area contributed by atoms with Crippen LogP contribution < -0.4 is 4.72 Å². The standard InChI is InChI=1S/C18H22N4O3S/c1-19-26(24,25)17-7-5-15(6-8-17)18(23)22-12-10-21(11-13-22)14-16-4-2-3-9-20-16/h2-9,19H,10-14H2,1H3. The monoisotopic (exact) mass is 374 g/mol. The molecule has 1 aliphatic heterocycles. The van der Waals surface area contributed by atoms with Crippen LogP contribution in [0.5, 0.6) is 0 Å². The summed E-state index contributed by atoms with van der Waals surface area (Å²) in [5.41, 5.74) is 1.52. The number of carbonyl (C=O) groups excluding carboxylic acids is 1. The number of benzene rings is 1. The Morgan fingerprint density at radius 2 is 1.77 bits per heavy atom. The molecule has 1 amide bonds. The minimum atomic E-state index is -3.49. The Morgan fingerprint density at radius 1 is 1.08 bits per heavy atom. The van der Waals surface area contributed by atoms with Gasteiger partial charge in [0.05, 0.1) is 10.6 Å². The molecule has 1 aromatic carbocycles. The number of aromatic nitrogens is 1. The summed E-state index contributed by atoms with van der Waals surface area (Å²) < 4.78 is 25.8. The second-order valence-corrected chi connectivity index (χ2v) is 8.01. The summed E-state index contributed by atoms with van der Waals surface area (Å²) >= 11 is 0. The van der Waals surface area contributed by atoms with Gasteiger partial charge in [0, 0.05) is 44.5 Å². The van der Waals surface area contributed by atoms with E-state index < -0.39 is 10.0 Å². The number of nitrogens with one attached hydrogen (secondary N) is 1. The molecule has 2 aromatic rings. The van der Waals surface area contributed by atoms with Crippen molar-refractivity contribution in [2.45, 2.75) is 11.4 Å². The molecule has 26 heavy (non-hydrogen) atoms. The van der Waals surface area contributed by atoms with Crippen molar-refractivity contribution in [3.63, 3.8) is 0 Å². The Bertz CT molecular complexity index is 846. The van der Waals surface area contributed by atoms with Crippen molar-refractivity contribution in [1.29, 1.82) is 0 Å². The van der Waals surface area contributed by atoms with Crippen LogP contribution in [0, 0.1) is 0 Å². The van der Waals surface area contributed by atoms with E-state index in [1.165, 1.54) is 19.2 Å². The zero-order valence-electron chi connectivity index (χ0n) is 14.6. The van der Waals surface area contributed by atoms with Crippen molar-refractivity contribution < 1.29 is 13.2 Å². The Hall–Kier alpha value is -2.29. The molecule has 1 aliphatic rings. The van der Waals surface area contributed by atoms with Crippen molar-refractivity contribution in [3.8, 4) is 0 Å². The fourth-order valence-electron chi connectivity index (χ4n) is 2.91. The topological polar surface area (TPSA) is 82.6 Å². The number of hydrogen-bond donors (Lipinski definition) is 1. The Labute approximate surface area is 153 Å². The number of pyridine rings is 1. The highest BCUT2D eigenvalue weighted by Crippen LogP contribution is 2.14. The zero-order chi connectivity index (χ0) is 18.6. The van der Waals surface area contributed by atoms with Gasteiger partial charge in [-0.15, -0.1) is 0 Å². The number of hydrogen-bond acceptors (Lipinski definition) is 5. The fourth-order valence-corrected chi connectivity index (χ4v) is 3.64. The van der Waals surface area contributed by atoms with Gasteiger partial charge in [-0.05, 0) is 43.4 Å². The summed E-state index contributed by atoms with van der Waals surface area (Å²) in [6.45, 7) is 3.63. The number of nitrogens with zero attached hydrogens (tertiary/aromatic N) is 3. The lowest BCUT2D eigenvalue weighted by Crippen LogP contribution is -2.48. The van der Waals surface area contributed by atoms with Crippen LogP contribution >= 0.6 is 0 Å². The second kappa shape index (κ2) is 7.94. The molecule has 0 bridgehead atoms. The smallest absolute Gasteiger partial charge is 0.253 e. The molecular formula is C18H22N4O3S. The number of carbonyl (C=O) groups is 1. The van der Waals surface area contributed by atoms with Gasteiger partial charge in [0.1, 0.15) is 0 Å². The van der Waals surface area contributed by atoms with E-state index in [9.17, 15) is 13.2 Å². The average molecular weight is 374 g/mol. The van der Waals surface area contributed by atoms with E-state index in [1.54, 1.807) is 23.2 Å². The first-order chi connectivity index (χ1) is 12.5. The Balaban J connectivity index is 1.58. The van der Waals surface area contributed by atoms with E-state index in [0.29, 0.717) is 18.7 Å². The van der Waals surface area contributed by atoms with Crippen molar-refractivity contribution in [2.24, 2.45) is 0 Å². The summed E-state index contributed by atoms with van der Waals surface area (Å²) in [6, 6.07) is 11.9. The number of rotatable bonds is 5. The molecule has 8 heteroatoms. The third-order valence-electron chi connectivity index (χ3n) is 4.45. The van der Waals surface area contributed by atoms with Gasteiger partial charge in [0.15, 0.2) is 0 Å². The number of piperazine rings is 1. The zero-order valence-corrected chi connectivity index (χ0v) is 15.4. The van der Waals surface area contributed by atoms with Gasteiger partial charge in [0.2, 0.25) is 10.0 Å².